The van der Waals surface area contributed by atoms with Crippen LogP contribution in [0, 0.1) is 5.92 Å². The molecule has 0 aromatic heterocycles. The fourth-order valence-corrected chi connectivity index (χ4v) is 2.11. The second kappa shape index (κ2) is 14.3. The van der Waals surface area contributed by atoms with Crippen molar-refractivity contribution in [3.05, 3.63) is 0 Å². The first-order valence-corrected chi connectivity index (χ1v) is 8.44. The smallest absolute Gasteiger partial charge is 0.0466 e. The predicted molar refractivity (Wildman–Crippen MR) is 85.7 cm³/mol. The quantitative estimate of drug-likeness (QED) is 0.459. The van der Waals surface area contributed by atoms with Crippen molar-refractivity contribution in [3.63, 3.8) is 0 Å². The summed E-state index contributed by atoms with van der Waals surface area (Å²) in [7, 11) is 0. The van der Waals surface area contributed by atoms with Crippen LogP contribution in [0.5, 0.6) is 0 Å². The van der Waals surface area contributed by atoms with Crippen molar-refractivity contribution in [3.8, 4) is 0 Å². The van der Waals surface area contributed by atoms with E-state index in [1.165, 1.54) is 51.4 Å². The summed E-state index contributed by atoms with van der Waals surface area (Å²) in [5.74, 6) is 0.853. The second-order valence-corrected chi connectivity index (χ2v) is 6.38. The molecule has 0 aromatic carbocycles. The van der Waals surface area contributed by atoms with Gasteiger partial charge in [-0.05, 0) is 31.7 Å². The van der Waals surface area contributed by atoms with Gasteiger partial charge in [0.15, 0.2) is 0 Å². The van der Waals surface area contributed by atoms with Crippen molar-refractivity contribution < 1.29 is 4.74 Å². The Morgan fingerprint density at radius 3 is 1.89 bits per heavy atom. The highest BCUT2D eigenvalue weighted by Crippen LogP contribution is 2.08. The van der Waals surface area contributed by atoms with Crippen LogP contribution in [0.15, 0.2) is 0 Å². The molecule has 116 valence electrons. The molecule has 0 saturated carbocycles. The maximum absolute atomic E-state index is 5.67. The molecule has 0 unspecified atom stereocenters. The molecule has 0 atom stereocenters. The Balaban J connectivity index is 2.95. The summed E-state index contributed by atoms with van der Waals surface area (Å²) in [6.45, 7) is 12.1. The Kier molecular flexibility index (Phi) is 14.3. The topological polar surface area (TPSA) is 21.3 Å². The normalized spacial score (nSPS) is 11.7. The Morgan fingerprint density at radius 2 is 1.32 bits per heavy atom. The summed E-state index contributed by atoms with van der Waals surface area (Å²) < 4.78 is 5.67. The first kappa shape index (κ1) is 18.9. The van der Waals surface area contributed by atoms with E-state index < -0.39 is 0 Å². The molecule has 1 N–H and O–H groups in total. The number of hydrogen-bond donors (Lipinski definition) is 1. The maximum atomic E-state index is 5.67. The molecule has 0 heterocycles. The summed E-state index contributed by atoms with van der Waals surface area (Å²) in [6.07, 6.45) is 10.5. The van der Waals surface area contributed by atoms with E-state index >= 15 is 0 Å². The first-order valence-electron chi connectivity index (χ1n) is 8.44. The molecule has 0 amide bonds. The third-order valence-electron chi connectivity index (χ3n) is 3.34. The van der Waals surface area contributed by atoms with Crippen LogP contribution in [-0.2, 0) is 4.74 Å². The number of ether oxygens (including phenoxy) is 1. The molecular formula is C17H37NO. The average molecular weight is 271 g/mol. The highest BCUT2D eigenvalue weighted by Gasteiger charge is 1.95. The van der Waals surface area contributed by atoms with E-state index in [0.717, 1.165) is 25.7 Å². The number of rotatable bonds is 14. The summed E-state index contributed by atoms with van der Waals surface area (Å²) in [6, 6.07) is 0.624. The van der Waals surface area contributed by atoms with E-state index in [2.05, 4.69) is 33.0 Å². The summed E-state index contributed by atoms with van der Waals surface area (Å²) in [5, 5.41) is 3.45. The lowest BCUT2D eigenvalue weighted by molar-refractivity contribution is 0.125. The highest BCUT2D eigenvalue weighted by atomic mass is 16.5. The fourth-order valence-electron chi connectivity index (χ4n) is 2.11. The monoisotopic (exact) mass is 271 g/mol. The zero-order valence-electron chi connectivity index (χ0n) is 13.8. The van der Waals surface area contributed by atoms with E-state index in [9.17, 15) is 0 Å². The molecule has 0 spiro atoms. The molecule has 0 bridgehead atoms. The van der Waals surface area contributed by atoms with Crippen molar-refractivity contribution in [2.45, 2.75) is 85.1 Å². The van der Waals surface area contributed by atoms with Gasteiger partial charge in [-0.2, -0.15) is 0 Å². The van der Waals surface area contributed by atoms with Gasteiger partial charge >= 0.3 is 0 Å². The van der Waals surface area contributed by atoms with Crippen LogP contribution in [0.1, 0.15) is 79.1 Å². The van der Waals surface area contributed by atoms with Gasteiger partial charge in [0.05, 0.1) is 0 Å². The summed E-state index contributed by atoms with van der Waals surface area (Å²) in [4.78, 5) is 0. The van der Waals surface area contributed by atoms with Gasteiger partial charge in [-0.15, -0.1) is 0 Å². The molecule has 0 aromatic rings. The lowest BCUT2D eigenvalue weighted by Gasteiger charge is -2.08. The van der Waals surface area contributed by atoms with Crippen LogP contribution in [0.4, 0.5) is 0 Å². The van der Waals surface area contributed by atoms with Crippen molar-refractivity contribution >= 4 is 0 Å². The summed E-state index contributed by atoms with van der Waals surface area (Å²) in [5.41, 5.74) is 0. The van der Waals surface area contributed by atoms with E-state index in [1.807, 2.05) is 0 Å². The molecule has 2 heteroatoms. The minimum absolute atomic E-state index is 0.624. The van der Waals surface area contributed by atoms with Gasteiger partial charge in [0.1, 0.15) is 0 Å². The highest BCUT2D eigenvalue weighted by molar-refractivity contribution is 4.53. The number of unbranched alkanes of at least 4 members (excludes halogenated alkanes) is 5. The van der Waals surface area contributed by atoms with Crippen molar-refractivity contribution in [2.75, 3.05) is 19.8 Å². The van der Waals surface area contributed by atoms with Crippen LogP contribution in [0.2, 0.25) is 0 Å². The van der Waals surface area contributed by atoms with Gasteiger partial charge in [0.2, 0.25) is 0 Å². The zero-order chi connectivity index (χ0) is 14.3. The van der Waals surface area contributed by atoms with E-state index in [4.69, 9.17) is 4.74 Å². The molecule has 2 nitrogen and oxygen atoms in total. The lowest BCUT2D eigenvalue weighted by Crippen LogP contribution is -2.23. The third-order valence-corrected chi connectivity index (χ3v) is 3.34. The fraction of sp³-hybridized carbons (Fsp3) is 1.00. The first-order chi connectivity index (χ1) is 9.13. The molecule has 0 aliphatic rings. The van der Waals surface area contributed by atoms with Gasteiger partial charge in [-0.25, -0.2) is 0 Å². The lowest BCUT2D eigenvalue weighted by atomic mass is 10.1. The molecule has 0 aliphatic heterocycles. The minimum Gasteiger partial charge on any atom is -0.381 e. The molecule has 0 saturated heterocycles. The molecular weight excluding hydrogens is 234 g/mol. The zero-order valence-corrected chi connectivity index (χ0v) is 13.8. The van der Waals surface area contributed by atoms with Gasteiger partial charge < -0.3 is 10.1 Å². The average Bonchev–Trinajstić information content (AvgIpc) is 2.34. The van der Waals surface area contributed by atoms with Gasteiger partial charge in [-0.1, -0.05) is 59.8 Å². The molecule has 0 fully saturated rings. The Labute approximate surface area is 121 Å². The van der Waals surface area contributed by atoms with Gasteiger partial charge in [0.25, 0.3) is 0 Å². The maximum Gasteiger partial charge on any atom is 0.0466 e. The largest absolute Gasteiger partial charge is 0.381 e. The number of nitrogens with one attached hydrogen (secondary N) is 1. The minimum atomic E-state index is 0.624. The van der Waals surface area contributed by atoms with Crippen molar-refractivity contribution in [1.29, 1.82) is 0 Å². The standard InChI is InChI=1S/C17H37NO/c1-16(2)12-8-7-11-15-19-14-10-6-5-9-13-18-17(3)4/h16-18H,5-15H2,1-4H3. The SMILES string of the molecule is CC(C)CCCCCOCCCCCCNC(C)C. The van der Waals surface area contributed by atoms with Crippen LogP contribution >= 0.6 is 0 Å². The Morgan fingerprint density at radius 1 is 0.737 bits per heavy atom. The number of hydrogen-bond acceptors (Lipinski definition) is 2. The third kappa shape index (κ3) is 17.9. The van der Waals surface area contributed by atoms with Crippen LogP contribution in [0.25, 0.3) is 0 Å². The van der Waals surface area contributed by atoms with Crippen LogP contribution in [-0.4, -0.2) is 25.8 Å². The Hall–Kier alpha value is -0.0800. The van der Waals surface area contributed by atoms with Crippen LogP contribution in [0.3, 0.4) is 0 Å². The Bertz CT molecular complexity index is 151. The predicted octanol–water partition coefficient (Wildman–Crippen LogP) is 4.78. The van der Waals surface area contributed by atoms with Crippen molar-refractivity contribution in [2.24, 2.45) is 5.92 Å². The van der Waals surface area contributed by atoms with Crippen LogP contribution < -0.4 is 5.32 Å². The molecule has 0 rings (SSSR count). The molecule has 19 heavy (non-hydrogen) atoms. The molecule has 0 radical (unpaired) electrons. The van der Waals surface area contributed by atoms with E-state index in [-0.39, 0.29) is 0 Å². The van der Waals surface area contributed by atoms with E-state index in [1.54, 1.807) is 0 Å². The van der Waals surface area contributed by atoms with Crippen molar-refractivity contribution in [1.82, 2.24) is 5.32 Å². The molecule has 0 aliphatic carbocycles. The van der Waals surface area contributed by atoms with Gasteiger partial charge in [0, 0.05) is 19.3 Å². The van der Waals surface area contributed by atoms with E-state index in [0.29, 0.717) is 6.04 Å². The second-order valence-electron chi connectivity index (χ2n) is 6.38. The summed E-state index contributed by atoms with van der Waals surface area (Å²) >= 11 is 0. The van der Waals surface area contributed by atoms with Gasteiger partial charge in [-0.3, -0.25) is 0 Å².